The van der Waals surface area contributed by atoms with E-state index in [-0.39, 0.29) is 5.97 Å². The zero-order chi connectivity index (χ0) is 20.0. The predicted octanol–water partition coefficient (Wildman–Crippen LogP) is 7.38. The largest absolute Gasteiger partial charge is 0.460 e. The molecule has 0 aliphatic heterocycles. The van der Waals surface area contributed by atoms with Gasteiger partial charge in [-0.15, -0.1) is 0 Å². The first kappa shape index (κ1) is 26.2. The first-order chi connectivity index (χ1) is 13.2. The van der Waals surface area contributed by atoms with Gasteiger partial charge in [0, 0.05) is 12.2 Å². The molecule has 0 atom stereocenters. The van der Waals surface area contributed by atoms with E-state index in [9.17, 15) is 4.79 Å². The van der Waals surface area contributed by atoms with Crippen LogP contribution in [-0.2, 0) is 14.3 Å². The molecule has 0 bridgehead atoms. The third-order valence-corrected chi connectivity index (χ3v) is 4.95. The molecular formula is C24H46O3. The molecule has 160 valence electrons. The van der Waals surface area contributed by atoms with E-state index in [1.165, 1.54) is 96.3 Å². The van der Waals surface area contributed by atoms with Crippen LogP contribution in [0.1, 0.15) is 117 Å². The Hall–Kier alpha value is -0.830. The highest BCUT2D eigenvalue weighted by Crippen LogP contribution is 2.13. The summed E-state index contributed by atoms with van der Waals surface area (Å²) in [6.45, 7) is 9.05. The average molecular weight is 383 g/mol. The average Bonchev–Trinajstić information content (AvgIpc) is 2.66. The third-order valence-electron chi connectivity index (χ3n) is 4.95. The van der Waals surface area contributed by atoms with E-state index >= 15 is 0 Å². The zero-order valence-electron chi connectivity index (χ0n) is 18.4. The van der Waals surface area contributed by atoms with Crippen molar-refractivity contribution in [3.8, 4) is 0 Å². The van der Waals surface area contributed by atoms with Crippen LogP contribution in [0.2, 0.25) is 0 Å². The SMILES string of the molecule is C=C(C)C(=O)OCCOCCCCCCCCCCCCCCCCCC. The van der Waals surface area contributed by atoms with Gasteiger partial charge in [-0.3, -0.25) is 0 Å². The summed E-state index contributed by atoms with van der Waals surface area (Å²) in [5, 5.41) is 0. The van der Waals surface area contributed by atoms with Crippen molar-refractivity contribution in [1.29, 1.82) is 0 Å². The van der Waals surface area contributed by atoms with Gasteiger partial charge in [-0.2, -0.15) is 0 Å². The molecule has 0 amide bonds. The summed E-state index contributed by atoms with van der Waals surface area (Å²) in [5.41, 5.74) is 0.438. The van der Waals surface area contributed by atoms with Crippen LogP contribution in [0, 0.1) is 0 Å². The fourth-order valence-electron chi connectivity index (χ4n) is 3.17. The summed E-state index contributed by atoms with van der Waals surface area (Å²) in [7, 11) is 0. The minimum absolute atomic E-state index is 0.324. The predicted molar refractivity (Wildman–Crippen MR) is 116 cm³/mol. The zero-order valence-corrected chi connectivity index (χ0v) is 18.4. The van der Waals surface area contributed by atoms with E-state index in [1.54, 1.807) is 6.92 Å². The number of ether oxygens (including phenoxy) is 2. The Morgan fingerprint density at radius 3 is 1.44 bits per heavy atom. The van der Waals surface area contributed by atoms with Crippen LogP contribution in [0.3, 0.4) is 0 Å². The van der Waals surface area contributed by atoms with Gasteiger partial charge in [-0.1, -0.05) is 110 Å². The summed E-state index contributed by atoms with van der Waals surface area (Å²) >= 11 is 0. The quantitative estimate of drug-likeness (QED) is 0.118. The van der Waals surface area contributed by atoms with Crippen molar-refractivity contribution in [3.05, 3.63) is 12.2 Å². The molecule has 0 spiro atoms. The van der Waals surface area contributed by atoms with Crippen LogP contribution < -0.4 is 0 Å². The Bertz CT molecular complexity index is 339. The van der Waals surface area contributed by atoms with Crippen LogP contribution in [0.5, 0.6) is 0 Å². The molecule has 27 heavy (non-hydrogen) atoms. The maximum absolute atomic E-state index is 11.2. The van der Waals surface area contributed by atoms with Crippen molar-refractivity contribution in [2.75, 3.05) is 19.8 Å². The highest BCUT2D eigenvalue weighted by molar-refractivity contribution is 5.86. The highest BCUT2D eigenvalue weighted by Gasteiger charge is 2.01. The van der Waals surface area contributed by atoms with Crippen molar-refractivity contribution >= 4 is 5.97 Å². The molecule has 0 aromatic rings. The number of carbonyl (C=O) groups excluding carboxylic acids is 1. The summed E-state index contributed by atoms with van der Waals surface area (Å²) < 4.78 is 10.4. The molecule has 0 rings (SSSR count). The second kappa shape index (κ2) is 21.5. The monoisotopic (exact) mass is 382 g/mol. The van der Waals surface area contributed by atoms with Gasteiger partial charge in [0.05, 0.1) is 6.61 Å². The normalized spacial score (nSPS) is 10.9. The van der Waals surface area contributed by atoms with E-state index in [0.29, 0.717) is 18.8 Å². The molecule has 0 aromatic heterocycles. The number of esters is 1. The molecule has 0 aliphatic carbocycles. The molecule has 0 fully saturated rings. The Morgan fingerprint density at radius 2 is 1.04 bits per heavy atom. The lowest BCUT2D eigenvalue weighted by Gasteiger charge is -2.06. The number of rotatable bonds is 21. The Labute approximate surface area is 169 Å². The molecule has 0 saturated heterocycles. The maximum Gasteiger partial charge on any atom is 0.333 e. The van der Waals surface area contributed by atoms with Crippen molar-refractivity contribution < 1.29 is 14.3 Å². The number of carbonyl (C=O) groups is 1. The molecule has 3 nitrogen and oxygen atoms in total. The smallest absolute Gasteiger partial charge is 0.333 e. The lowest BCUT2D eigenvalue weighted by Crippen LogP contribution is -2.11. The Morgan fingerprint density at radius 1 is 0.630 bits per heavy atom. The fourth-order valence-corrected chi connectivity index (χ4v) is 3.17. The standard InChI is InChI=1S/C24H46O3/c1-4-5-6-7-8-9-10-11-12-13-14-15-16-17-18-19-20-26-21-22-27-24(25)23(2)3/h2,4-22H2,1,3H3. The lowest BCUT2D eigenvalue weighted by molar-refractivity contribution is -0.140. The van der Waals surface area contributed by atoms with Crippen LogP contribution in [0.25, 0.3) is 0 Å². The Kier molecular flexibility index (Phi) is 20.8. The number of hydrogen-bond donors (Lipinski definition) is 0. The second-order valence-corrected chi connectivity index (χ2v) is 7.83. The molecule has 0 radical (unpaired) electrons. The van der Waals surface area contributed by atoms with Crippen LogP contribution >= 0.6 is 0 Å². The fraction of sp³-hybridized carbons (Fsp3) is 0.875. The van der Waals surface area contributed by atoms with Crippen molar-refractivity contribution in [2.24, 2.45) is 0 Å². The molecule has 0 unspecified atom stereocenters. The van der Waals surface area contributed by atoms with E-state index < -0.39 is 0 Å². The van der Waals surface area contributed by atoms with Crippen molar-refractivity contribution in [2.45, 2.75) is 117 Å². The summed E-state index contributed by atoms with van der Waals surface area (Å²) in [5.74, 6) is -0.332. The molecule has 0 heterocycles. The molecule has 0 saturated carbocycles. The van der Waals surface area contributed by atoms with Gasteiger partial charge in [0.15, 0.2) is 0 Å². The van der Waals surface area contributed by atoms with E-state index in [0.717, 1.165) is 13.0 Å². The lowest BCUT2D eigenvalue weighted by atomic mass is 10.0. The third kappa shape index (κ3) is 21.3. The van der Waals surface area contributed by atoms with Gasteiger partial charge in [0.1, 0.15) is 6.61 Å². The summed E-state index contributed by atoms with van der Waals surface area (Å²) in [6, 6.07) is 0. The topological polar surface area (TPSA) is 35.5 Å². The summed E-state index contributed by atoms with van der Waals surface area (Å²) in [6.07, 6.45) is 22.1. The van der Waals surface area contributed by atoms with Gasteiger partial charge >= 0.3 is 5.97 Å². The van der Waals surface area contributed by atoms with E-state index in [2.05, 4.69) is 13.5 Å². The van der Waals surface area contributed by atoms with Crippen LogP contribution in [0.15, 0.2) is 12.2 Å². The molecule has 3 heteroatoms. The molecule has 0 N–H and O–H groups in total. The maximum atomic E-state index is 11.2. The molecule has 0 aliphatic rings. The first-order valence-corrected chi connectivity index (χ1v) is 11.6. The van der Waals surface area contributed by atoms with E-state index in [4.69, 9.17) is 9.47 Å². The van der Waals surface area contributed by atoms with Gasteiger partial charge in [-0.05, 0) is 13.3 Å². The molecule has 0 aromatic carbocycles. The van der Waals surface area contributed by atoms with E-state index in [1.807, 2.05) is 0 Å². The number of unbranched alkanes of at least 4 members (excludes halogenated alkanes) is 15. The van der Waals surface area contributed by atoms with Gasteiger partial charge in [0.2, 0.25) is 0 Å². The highest BCUT2D eigenvalue weighted by atomic mass is 16.6. The summed E-state index contributed by atoms with van der Waals surface area (Å²) in [4.78, 5) is 11.2. The van der Waals surface area contributed by atoms with Gasteiger partial charge in [0.25, 0.3) is 0 Å². The van der Waals surface area contributed by atoms with Gasteiger partial charge < -0.3 is 9.47 Å². The van der Waals surface area contributed by atoms with Gasteiger partial charge in [-0.25, -0.2) is 4.79 Å². The Balaban J connectivity index is 3.05. The van der Waals surface area contributed by atoms with Crippen LogP contribution in [-0.4, -0.2) is 25.8 Å². The minimum Gasteiger partial charge on any atom is -0.460 e. The van der Waals surface area contributed by atoms with Crippen molar-refractivity contribution in [1.82, 2.24) is 0 Å². The molecular weight excluding hydrogens is 336 g/mol. The second-order valence-electron chi connectivity index (χ2n) is 7.83. The minimum atomic E-state index is -0.332. The first-order valence-electron chi connectivity index (χ1n) is 11.6. The number of hydrogen-bond acceptors (Lipinski definition) is 3. The van der Waals surface area contributed by atoms with Crippen LogP contribution in [0.4, 0.5) is 0 Å². The van der Waals surface area contributed by atoms with Crippen molar-refractivity contribution in [3.63, 3.8) is 0 Å².